The molecule has 0 aliphatic heterocycles. The lowest BCUT2D eigenvalue weighted by Gasteiger charge is -1.96. The Bertz CT molecular complexity index is 132. The van der Waals surface area contributed by atoms with Gasteiger partial charge in [0.2, 0.25) is 0 Å². The summed E-state index contributed by atoms with van der Waals surface area (Å²) in [6, 6.07) is 0.546. The smallest absolute Gasteiger partial charge is 0.0555 e. The van der Waals surface area contributed by atoms with E-state index in [-0.39, 0.29) is 24.3 Å². The van der Waals surface area contributed by atoms with Crippen molar-refractivity contribution in [2.45, 2.75) is 62.8 Å². The van der Waals surface area contributed by atoms with Crippen LogP contribution in [0.3, 0.4) is 0 Å². The molecule has 2 aliphatic rings. The first-order valence-electron chi connectivity index (χ1n) is 5.45. The van der Waals surface area contributed by atoms with Crippen molar-refractivity contribution in [3.8, 4) is 0 Å². The SMILES string of the molecule is N[C@@H]1CC[C@H](O)C1.N[C@H]1CC[C@@H](O)C1. The summed E-state index contributed by atoms with van der Waals surface area (Å²) in [4.78, 5) is 0. The number of aliphatic hydroxyl groups excluding tert-OH is 2. The number of hydrogen-bond acceptors (Lipinski definition) is 4. The summed E-state index contributed by atoms with van der Waals surface area (Å²) < 4.78 is 0. The number of rotatable bonds is 0. The van der Waals surface area contributed by atoms with Crippen molar-refractivity contribution >= 4 is 0 Å². The second-order valence-corrected chi connectivity index (χ2v) is 4.45. The second-order valence-electron chi connectivity index (χ2n) is 4.45. The number of nitrogens with two attached hydrogens (primary N) is 2. The fourth-order valence-electron chi connectivity index (χ4n) is 1.98. The van der Waals surface area contributed by atoms with Crippen molar-refractivity contribution in [2.75, 3.05) is 0 Å². The maximum absolute atomic E-state index is 8.82. The third-order valence-electron chi connectivity index (χ3n) is 2.89. The van der Waals surface area contributed by atoms with Crippen LogP contribution in [-0.4, -0.2) is 34.5 Å². The average molecular weight is 202 g/mol. The van der Waals surface area contributed by atoms with Crippen molar-refractivity contribution in [3.05, 3.63) is 0 Å². The van der Waals surface area contributed by atoms with Gasteiger partial charge in [-0.15, -0.1) is 0 Å². The van der Waals surface area contributed by atoms with E-state index in [1.807, 2.05) is 0 Å². The van der Waals surface area contributed by atoms with E-state index in [4.69, 9.17) is 21.7 Å². The van der Waals surface area contributed by atoms with Crippen LogP contribution in [-0.2, 0) is 0 Å². The molecule has 0 aromatic heterocycles. The summed E-state index contributed by atoms with van der Waals surface area (Å²) in [6.45, 7) is 0. The van der Waals surface area contributed by atoms with E-state index in [1.165, 1.54) is 0 Å². The lowest BCUT2D eigenvalue weighted by Crippen LogP contribution is -2.15. The minimum absolute atomic E-state index is 0.102. The molecule has 2 saturated carbocycles. The molecule has 6 N–H and O–H groups in total. The first kappa shape index (κ1) is 11.9. The molecule has 4 heteroatoms. The molecule has 2 fully saturated rings. The minimum atomic E-state index is -0.102. The minimum Gasteiger partial charge on any atom is -0.393 e. The zero-order valence-corrected chi connectivity index (χ0v) is 8.60. The van der Waals surface area contributed by atoms with Gasteiger partial charge >= 0.3 is 0 Å². The van der Waals surface area contributed by atoms with Crippen LogP contribution < -0.4 is 11.5 Å². The Labute approximate surface area is 85.3 Å². The number of aliphatic hydroxyl groups is 2. The molecule has 2 aliphatic carbocycles. The first-order valence-corrected chi connectivity index (χ1v) is 5.45. The van der Waals surface area contributed by atoms with E-state index in [0.717, 1.165) is 38.5 Å². The zero-order chi connectivity index (χ0) is 10.6. The summed E-state index contributed by atoms with van der Waals surface area (Å²) in [6.07, 6.45) is 5.22. The summed E-state index contributed by atoms with van der Waals surface area (Å²) in [5.74, 6) is 0. The second kappa shape index (κ2) is 5.66. The molecule has 0 saturated heterocycles. The third-order valence-corrected chi connectivity index (χ3v) is 2.89. The lowest BCUT2D eigenvalue weighted by atomic mass is 10.3. The van der Waals surface area contributed by atoms with Crippen LogP contribution in [0.15, 0.2) is 0 Å². The van der Waals surface area contributed by atoms with Gasteiger partial charge in [0.05, 0.1) is 12.2 Å². The summed E-state index contributed by atoms with van der Waals surface area (Å²) >= 11 is 0. The van der Waals surface area contributed by atoms with Gasteiger partial charge in [-0.05, 0) is 38.5 Å². The van der Waals surface area contributed by atoms with Crippen LogP contribution in [0.2, 0.25) is 0 Å². The average Bonchev–Trinajstić information content (AvgIpc) is 2.63. The van der Waals surface area contributed by atoms with Crippen LogP contribution in [0.5, 0.6) is 0 Å². The summed E-state index contributed by atoms with van der Waals surface area (Å²) in [5.41, 5.74) is 10.9. The Morgan fingerprint density at radius 3 is 1.14 bits per heavy atom. The fourth-order valence-corrected chi connectivity index (χ4v) is 1.98. The van der Waals surface area contributed by atoms with Gasteiger partial charge in [0.15, 0.2) is 0 Å². The molecule has 0 bridgehead atoms. The third kappa shape index (κ3) is 4.37. The van der Waals surface area contributed by atoms with Crippen molar-refractivity contribution < 1.29 is 10.2 Å². The maximum atomic E-state index is 8.82. The van der Waals surface area contributed by atoms with E-state index in [9.17, 15) is 0 Å². The summed E-state index contributed by atoms with van der Waals surface area (Å²) in [7, 11) is 0. The molecule has 4 atom stereocenters. The van der Waals surface area contributed by atoms with Crippen LogP contribution >= 0.6 is 0 Å². The standard InChI is InChI=1S/2C5H11NO/c2*6-4-1-2-5(7)3-4/h2*4-5,7H,1-3,6H2/t2*4-,5+/m10/s1. The van der Waals surface area contributed by atoms with E-state index >= 15 is 0 Å². The van der Waals surface area contributed by atoms with Gasteiger partial charge < -0.3 is 21.7 Å². The topological polar surface area (TPSA) is 92.5 Å². The molecule has 0 spiro atoms. The van der Waals surface area contributed by atoms with E-state index in [2.05, 4.69) is 0 Å². The molecular formula is C10H22N2O2. The molecular weight excluding hydrogens is 180 g/mol. The quantitative estimate of drug-likeness (QED) is 0.434. The molecule has 0 aromatic carbocycles. The predicted octanol–water partition coefficient (Wildman–Crippen LogP) is -0.283. The van der Waals surface area contributed by atoms with Crippen molar-refractivity contribution in [1.82, 2.24) is 0 Å². The zero-order valence-electron chi connectivity index (χ0n) is 8.60. The highest BCUT2D eigenvalue weighted by molar-refractivity contribution is 4.76. The highest BCUT2D eigenvalue weighted by Crippen LogP contribution is 2.16. The van der Waals surface area contributed by atoms with E-state index in [1.54, 1.807) is 0 Å². The molecule has 0 amide bonds. The highest BCUT2D eigenvalue weighted by atomic mass is 16.3. The van der Waals surface area contributed by atoms with E-state index < -0.39 is 0 Å². The van der Waals surface area contributed by atoms with Crippen LogP contribution in [0.4, 0.5) is 0 Å². The van der Waals surface area contributed by atoms with Gasteiger partial charge in [0, 0.05) is 12.1 Å². The Kier molecular flexibility index (Phi) is 4.81. The van der Waals surface area contributed by atoms with Crippen LogP contribution in [0.25, 0.3) is 0 Å². The van der Waals surface area contributed by atoms with Gasteiger partial charge in [-0.1, -0.05) is 0 Å². The Balaban J connectivity index is 0.000000140. The molecule has 84 valence electrons. The molecule has 0 radical (unpaired) electrons. The molecule has 2 rings (SSSR count). The Morgan fingerprint density at radius 1 is 0.714 bits per heavy atom. The van der Waals surface area contributed by atoms with Crippen LogP contribution in [0.1, 0.15) is 38.5 Å². The molecule has 4 nitrogen and oxygen atoms in total. The van der Waals surface area contributed by atoms with Gasteiger partial charge in [0.25, 0.3) is 0 Å². The normalized spacial score (nSPS) is 42.0. The van der Waals surface area contributed by atoms with Crippen molar-refractivity contribution in [3.63, 3.8) is 0 Å². The Hall–Kier alpha value is -0.160. The maximum Gasteiger partial charge on any atom is 0.0555 e. The van der Waals surface area contributed by atoms with Crippen LogP contribution in [0, 0.1) is 0 Å². The predicted molar refractivity (Wildman–Crippen MR) is 55.7 cm³/mol. The van der Waals surface area contributed by atoms with E-state index in [0.29, 0.717) is 0 Å². The van der Waals surface area contributed by atoms with Gasteiger partial charge in [-0.25, -0.2) is 0 Å². The largest absolute Gasteiger partial charge is 0.393 e. The van der Waals surface area contributed by atoms with Gasteiger partial charge in [-0.2, -0.15) is 0 Å². The monoisotopic (exact) mass is 202 g/mol. The molecule has 0 aromatic rings. The number of hydrogen-bond donors (Lipinski definition) is 4. The molecule has 14 heavy (non-hydrogen) atoms. The summed E-state index contributed by atoms with van der Waals surface area (Å²) in [5, 5.41) is 17.6. The first-order chi connectivity index (χ1) is 6.58. The van der Waals surface area contributed by atoms with Gasteiger partial charge in [0.1, 0.15) is 0 Å². The van der Waals surface area contributed by atoms with Crippen molar-refractivity contribution in [2.24, 2.45) is 11.5 Å². The lowest BCUT2D eigenvalue weighted by molar-refractivity contribution is 0.181. The molecule has 0 heterocycles. The van der Waals surface area contributed by atoms with Gasteiger partial charge in [-0.3, -0.25) is 0 Å². The van der Waals surface area contributed by atoms with Crippen molar-refractivity contribution in [1.29, 1.82) is 0 Å². The Morgan fingerprint density at radius 2 is 1.07 bits per heavy atom. The fraction of sp³-hybridized carbons (Fsp3) is 1.00. The molecule has 0 unspecified atom stereocenters. The highest BCUT2D eigenvalue weighted by Gasteiger charge is 2.18.